The summed E-state index contributed by atoms with van der Waals surface area (Å²) in [4.78, 5) is 34.0. The molecule has 0 spiro atoms. The molecule has 1 N–H and O–H groups in total. The molecule has 3 heterocycles. The Morgan fingerprint density at radius 2 is 2.00 bits per heavy atom. The molecule has 10 heteroatoms. The standard InChI is InChI=1S/C18H15FN6O2S/c1-24-16-14(8-22-24)17(27)25(10-21-16)9-15(26)23-18-20-7-13(28-18)6-11-2-4-12(19)5-3-11/h2-5,7-8,10H,6,9H2,1H3,(H,20,23,26). The molecular weight excluding hydrogens is 383 g/mol. The highest BCUT2D eigenvalue weighted by molar-refractivity contribution is 7.15. The minimum atomic E-state index is -0.380. The van der Waals surface area contributed by atoms with Gasteiger partial charge in [0.15, 0.2) is 10.8 Å². The number of carbonyl (C=O) groups is 1. The third-order valence-corrected chi connectivity index (χ3v) is 5.04. The van der Waals surface area contributed by atoms with Crippen molar-refractivity contribution in [2.24, 2.45) is 7.05 Å². The van der Waals surface area contributed by atoms with E-state index in [1.807, 2.05) is 0 Å². The van der Waals surface area contributed by atoms with Gasteiger partial charge in [-0.05, 0) is 17.7 Å². The van der Waals surface area contributed by atoms with E-state index in [1.54, 1.807) is 25.4 Å². The van der Waals surface area contributed by atoms with Crippen LogP contribution in [0.5, 0.6) is 0 Å². The highest BCUT2D eigenvalue weighted by Gasteiger charge is 2.12. The van der Waals surface area contributed by atoms with Gasteiger partial charge in [-0.3, -0.25) is 18.8 Å². The molecule has 8 nitrogen and oxygen atoms in total. The van der Waals surface area contributed by atoms with Gasteiger partial charge in [0.2, 0.25) is 5.91 Å². The first-order valence-corrected chi connectivity index (χ1v) is 9.17. The van der Waals surface area contributed by atoms with Crippen molar-refractivity contribution in [1.82, 2.24) is 24.3 Å². The van der Waals surface area contributed by atoms with Gasteiger partial charge in [0.1, 0.15) is 24.1 Å². The Hall–Kier alpha value is -3.40. The topological polar surface area (TPSA) is 94.7 Å². The summed E-state index contributed by atoms with van der Waals surface area (Å²) in [6, 6.07) is 6.23. The molecular formula is C18H15FN6O2S. The van der Waals surface area contributed by atoms with Gasteiger partial charge in [-0.2, -0.15) is 5.10 Å². The first-order valence-electron chi connectivity index (χ1n) is 8.36. The SMILES string of the molecule is Cn1ncc2c(=O)n(CC(=O)Nc3ncc(Cc4ccc(F)cc4)s3)cnc21. The number of benzene rings is 1. The summed E-state index contributed by atoms with van der Waals surface area (Å²) < 4.78 is 15.7. The first-order chi connectivity index (χ1) is 13.5. The Balaban J connectivity index is 1.43. The van der Waals surface area contributed by atoms with Gasteiger partial charge in [-0.25, -0.2) is 14.4 Å². The van der Waals surface area contributed by atoms with Crippen LogP contribution in [0.25, 0.3) is 11.0 Å². The van der Waals surface area contributed by atoms with Crippen molar-refractivity contribution in [2.75, 3.05) is 5.32 Å². The van der Waals surface area contributed by atoms with Crippen molar-refractivity contribution in [3.63, 3.8) is 0 Å². The van der Waals surface area contributed by atoms with Crippen LogP contribution in [0.1, 0.15) is 10.4 Å². The number of thiazole rings is 1. The van der Waals surface area contributed by atoms with Crippen LogP contribution in [0.2, 0.25) is 0 Å². The number of aromatic nitrogens is 5. The maximum absolute atomic E-state index is 13.0. The van der Waals surface area contributed by atoms with Gasteiger partial charge >= 0.3 is 0 Å². The van der Waals surface area contributed by atoms with Crippen molar-refractivity contribution in [3.8, 4) is 0 Å². The Labute approximate surface area is 162 Å². The summed E-state index contributed by atoms with van der Waals surface area (Å²) in [6.45, 7) is -0.177. The largest absolute Gasteiger partial charge is 0.300 e. The molecule has 142 valence electrons. The van der Waals surface area contributed by atoms with Gasteiger partial charge in [-0.1, -0.05) is 12.1 Å². The van der Waals surface area contributed by atoms with Crippen LogP contribution >= 0.6 is 11.3 Å². The van der Waals surface area contributed by atoms with E-state index in [4.69, 9.17) is 0 Å². The van der Waals surface area contributed by atoms with E-state index in [-0.39, 0.29) is 23.8 Å². The van der Waals surface area contributed by atoms with E-state index in [1.165, 1.54) is 45.2 Å². The average molecular weight is 398 g/mol. The second-order valence-electron chi connectivity index (χ2n) is 6.17. The second-order valence-corrected chi connectivity index (χ2v) is 7.28. The predicted octanol–water partition coefficient (Wildman–Crippen LogP) is 1.96. The Morgan fingerprint density at radius 3 is 2.79 bits per heavy atom. The summed E-state index contributed by atoms with van der Waals surface area (Å²) in [5.74, 6) is -0.662. The average Bonchev–Trinajstić information content (AvgIpc) is 3.26. The predicted molar refractivity (Wildman–Crippen MR) is 103 cm³/mol. The lowest BCUT2D eigenvalue weighted by Crippen LogP contribution is -2.27. The van der Waals surface area contributed by atoms with Crippen LogP contribution in [-0.2, 0) is 24.8 Å². The van der Waals surface area contributed by atoms with Crippen LogP contribution in [0.3, 0.4) is 0 Å². The van der Waals surface area contributed by atoms with Gasteiger partial charge in [0, 0.05) is 24.5 Å². The van der Waals surface area contributed by atoms with Crippen LogP contribution in [-0.4, -0.2) is 30.2 Å². The maximum atomic E-state index is 13.0. The number of nitrogens with zero attached hydrogens (tertiary/aromatic N) is 5. The lowest BCUT2D eigenvalue weighted by Gasteiger charge is -2.05. The minimum Gasteiger partial charge on any atom is -0.300 e. The molecule has 0 fully saturated rings. The van der Waals surface area contributed by atoms with Crippen molar-refractivity contribution >= 4 is 33.4 Å². The van der Waals surface area contributed by atoms with Crippen LogP contribution < -0.4 is 10.9 Å². The zero-order valence-electron chi connectivity index (χ0n) is 14.8. The number of anilines is 1. The molecule has 0 aliphatic heterocycles. The van der Waals surface area contributed by atoms with E-state index in [2.05, 4.69) is 20.4 Å². The number of carbonyl (C=O) groups excluding carboxylic acids is 1. The minimum absolute atomic E-state index is 0.177. The van der Waals surface area contributed by atoms with Crippen LogP contribution in [0.4, 0.5) is 9.52 Å². The Morgan fingerprint density at radius 1 is 1.21 bits per heavy atom. The number of nitrogens with one attached hydrogen (secondary N) is 1. The summed E-state index contributed by atoms with van der Waals surface area (Å²) in [5, 5.41) is 7.47. The number of aryl methyl sites for hydroxylation is 1. The first kappa shape index (κ1) is 18.0. The van der Waals surface area contributed by atoms with Gasteiger partial charge in [0.25, 0.3) is 5.56 Å². The molecule has 0 radical (unpaired) electrons. The third-order valence-electron chi connectivity index (χ3n) is 4.12. The van der Waals surface area contributed by atoms with E-state index >= 15 is 0 Å². The van der Waals surface area contributed by atoms with E-state index in [0.29, 0.717) is 22.6 Å². The monoisotopic (exact) mass is 398 g/mol. The summed E-state index contributed by atoms with van der Waals surface area (Å²) in [5.41, 5.74) is 1.08. The molecule has 28 heavy (non-hydrogen) atoms. The van der Waals surface area contributed by atoms with Gasteiger partial charge in [0.05, 0.1) is 6.20 Å². The molecule has 4 rings (SSSR count). The second kappa shape index (κ2) is 7.31. The normalized spacial score (nSPS) is 11.1. The van der Waals surface area contributed by atoms with E-state index in [0.717, 1.165) is 10.4 Å². The number of hydrogen-bond donors (Lipinski definition) is 1. The number of hydrogen-bond acceptors (Lipinski definition) is 6. The van der Waals surface area contributed by atoms with E-state index < -0.39 is 0 Å². The van der Waals surface area contributed by atoms with Crippen LogP contribution in [0.15, 0.2) is 47.8 Å². The van der Waals surface area contributed by atoms with Crippen molar-refractivity contribution in [1.29, 1.82) is 0 Å². The molecule has 1 amide bonds. The molecule has 0 saturated heterocycles. The zero-order valence-corrected chi connectivity index (χ0v) is 15.6. The molecule has 0 unspecified atom stereocenters. The smallest absolute Gasteiger partial charge is 0.264 e. The highest BCUT2D eigenvalue weighted by Crippen LogP contribution is 2.21. The van der Waals surface area contributed by atoms with Gasteiger partial charge < -0.3 is 5.32 Å². The summed E-state index contributed by atoms with van der Waals surface area (Å²) in [7, 11) is 1.69. The van der Waals surface area contributed by atoms with Crippen molar-refractivity contribution in [3.05, 3.63) is 69.6 Å². The third kappa shape index (κ3) is 3.67. The quantitative estimate of drug-likeness (QED) is 0.555. The van der Waals surface area contributed by atoms with Crippen molar-refractivity contribution in [2.45, 2.75) is 13.0 Å². The molecule has 0 atom stereocenters. The highest BCUT2D eigenvalue weighted by atomic mass is 32.1. The number of rotatable bonds is 5. The molecule has 1 aromatic carbocycles. The molecule has 0 aliphatic rings. The molecule has 0 aliphatic carbocycles. The summed E-state index contributed by atoms with van der Waals surface area (Å²) in [6.07, 6.45) is 5.02. The fraction of sp³-hybridized carbons (Fsp3) is 0.167. The Kier molecular flexibility index (Phi) is 4.70. The molecule has 4 aromatic rings. The zero-order chi connectivity index (χ0) is 19.7. The Bertz CT molecular complexity index is 1210. The fourth-order valence-corrected chi connectivity index (χ4v) is 3.61. The van der Waals surface area contributed by atoms with Gasteiger partial charge in [-0.15, -0.1) is 11.3 Å². The lowest BCUT2D eigenvalue weighted by molar-refractivity contribution is -0.116. The maximum Gasteiger partial charge on any atom is 0.264 e. The number of fused-ring (bicyclic) bond motifs is 1. The van der Waals surface area contributed by atoms with Crippen LogP contribution in [0, 0.1) is 5.82 Å². The fourth-order valence-electron chi connectivity index (χ4n) is 2.74. The number of amides is 1. The molecule has 0 bridgehead atoms. The molecule has 0 saturated carbocycles. The number of halogens is 1. The lowest BCUT2D eigenvalue weighted by atomic mass is 10.1. The summed E-state index contributed by atoms with van der Waals surface area (Å²) >= 11 is 1.33. The van der Waals surface area contributed by atoms with Crippen molar-refractivity contribution < 1.29 is 9.18 Å². The van der Waals surface area contributed by atoms with E-state index in [9.17, 15) is 14.0 Å². The molecule has 3 aromatic heterocycles.